The second-order valence-electron chi connectivity index (χ2n) is 6.79. The molecule has 0 unspecified atom stereocenters. The van der Waals surface area contributed by atoms with Crippen molar-refractivity contribution in [2.75, 3.05) is 0 Å². The van der Waals surface area contributed by atoms with Gasteiger partial charge >= 0.3 is 0 Å². The second kappa shape index (κ2) is 13.6. The first-order chi connectivity index (χ1) is 14.4. The molecule has 172 valence electrons. The maximum Gasteiger partial charge on any atom is 0.237 e. The molecule has 0 radical (unpaired) electrons. The van der Waals surface area contributed by atoms with Crippen molar-refractivity contribution < 1.29 is 52.7 Å². The van der Waals surface area contributed by atoms with E-state index < -0.39 is 0 Å². The minimum Gasteiger partial charge on any atom is -1.00 e. The van der Waals surface area contributed by atoms with Gasteiger partial charge in [-0.25, -0.2) is 0 Å². The molecule has 0 amide bonds. The number of ketones is 2. The molecule has 0 aromatic carbocycles. The van der Waals surface area contributed by atoms with Crippen LogP contribution in [0.1, 0.15) is 40.5 Å². The highest BCUT2D eigenvalue weighted by Gasteiger charge is 2.18. The average molecular weight is 637 g/mol. The van der Waals surface area contributed by atoms with E-state index in [1.165, 1.54) is 43.8 Å². The molecule has 0 aliphatic carbocycles. The Morgan fingerprint density at radius 2 is 1.06 bits per heavy atom. The first-order valence-electron chi connectivity index (χ1n) is 9.38. The predicted octanol–water partition coefficient (Wildman–Crippen LogP) is -0.798. The van der Waals surface area contributed by atoms with Crippen LogP contribution in [0.4, 0.5) is 0 Å². The number of halogens is 2. The summed E-state index contributed by atoms with van der Waals surface area (Å²) in [6.45, 7) is 9.16. The maximum atomic E-state index is 11.8. The predicted molar refractivity (Wildman–Crippen MR) is 125 cm³/mol. The Balaban J connectivity index is 0.000000301. The highest BCUT2D eigenvalue weighted by atomic mass is 79.9. The number of hydrogen-bond donors (Lipinski definition) is 0. The van der Waals surface area contributed by atoms with Crippen molar-refractivity contribution in [1.29, 1.82) is 0 Å². The van der Waals surface area contributed by atoms with E-state index in [2.05, 4.69) is 13.8 Å². The van der Waals surface area contributed by atoms with E-state index in [-0.39, 0.29) is 45.5 Å². The van der Waals surface area contributed by atoms with Crippen LogP contribution in [0.2, 0.25) is 0 Å². The lowest BCUT2D eigenvalue weighted by molar-refractivity contribution is -0.684. The number of hydrogen-bond acceptors (Lipinski definition) is 6. The molecule has 0 saturated carbocycles. The Morgan fingerprint density at radius 1 is 0.688 bits per heavy atom. The van der Waals surface area contributed by atoms with Gasteiger partial charge in [-0.2, -0.15) is 9.13 Å². The molecule has 4 nitrogen and oxygen atoms in total. The molecular formula is C22H24Br2N2O2S4. The van der Waals surface area contributed by atoms with Crippen molar-refractivity contribution >= 4 is 56.9 Å². The lowest BCUT2D eigenvalue weighted by Gasteiger charge is -1.93. The zero-order valence-electron chi connectivity index (χ0n) is 18.1. The Labute approximate surface area is 225 Å². The van der Waals surface area contributed by atoms with E-state index in [4.69, 9.17) is 0 Å². The number of aryl methyl sites for hydroxylation is 2. The average Bonchev–Trinajstić information content (AvgIpc) is 3.53. The van der Waals surface area contributed by atoms with Gasteiger partial charge < -0.3 is 34.0 Å². The van der Waals surface area contributed by atoms with Crippen LogP contribution in [0.25, 0.3) is 0 Å². The standard InChI is InChI=1S/2C11H12NOS2.2BrH/c2*1-8-9(2)15-7-12(8)6-10(13)11-4-3-5-14-11;;/h2*3-5,7H,6H2,1-2H3;2*1H/q2*+1;;/p-2. The summed E-state index contributed by atoms with van der Waals surface area (Å²) in [7, 11) is 0. The van der Waals surface area contributed by atoms with E-state index in [1.54, 1.807) is 22.7 Å². The summed E-state index contributed by atoms with van der Waals surface area (Å²) >= 11 is 6.38. The fourth-order valence-electron chi connectivity index (χ4n) is 2.67. The molecule has 10 heteroatoms. The Kier molecular flexibility index (Phi) is 12.3. The summed E-state index contributed by atoms with van der Waals surface area (Å²) in [5.74, 6) is 0.381. The van der Waals surface area contributed by atoms with E-state index in [9.17, 15) is 9.59 Å². The Hall–Kier alpha value is -1.04. The first-order valence-corrected chi connectivity index (χ1v) is 12.9. The lowest BCUT2D eigenvalue weighted by Crippen LogP contribution is -3.00. The highest BCUT2D eigenvalue weighted by molar-refractivity contribution is 7.12. The van der Waals surface area contributed by atoms with Crippen molar-refractivity contribution in [2.24, 2.45) is 0 Å². The van der Waals surface area contributed by atoms with Crippen LogP contribution < -0.4 is 43.1 Å². The molecule has 32 heavy (non-hydrogen) atoms. The van der Waals surface area contributed by atoms with Gasteiger partial charge in [0.2, 0.25) is 35.7 Å². The van der Waals surface area contributed by atoms with Gasteiger partial charge in [0.05, 0.1) is 19.5 Å². The summed E-state index contributed by atoms with van der Waals surface area (Å²) in [5, 5.41) is 3.87. The topological polar surface area (TPSA) is 41.9 Å². The third-order valence-electron chi connectivity index (χ3n) is 4.81. The zero-order valence-corrected chi connectivity index (χ0v) is 24.6. The van der Waals surface area contributed by atoms with Crippen LogP contribution in [-0.4, -0.2) is 11.6 Å². The Bertz CT molecular complexity index is 1040. The normalized spacial score (nSPS) is 9.88. The summed E-state index contributed by atoms with van der Waals surface area (Å²) in [6.07, 6.45) is 0. The number of carbonyl (C=O) groups is 2. The summed E-state index contributed by atoms with van der Waals surface area (Å²) in [6, 6.07) is 7.58. The van der Waals surface area contributed by atoms with Crippen molar-refractivity contribution in [3.8, 4) is 0 Å². The number of carbonyl (C=O) groups excluding carboxylic acids is 2. The number of rotatable bonds is 6. The third-order valence-corrected chi connectivity index (χ3v) is 8.65. The molecule has 0 bridgehead atoms. The molecule has 4 aromatic rings. The van der Waals surface area contributed by atoms with Gasteiger partial charge in [0, 0.05) is 13.8 Å². The summed E-state index contributed by atoms with van der Waals surface area (Å²) in [4.78, 5) is 27.9. The molecule has 0 atom stereocenters. The second-order valence-corrected chi connectivity index (χ2v) is 10.8. The highest BCUT2D eigenvalue weighted by Crippen LogP contribution is 2.13. The van der Waals surface area contributed by atoms with Crippen molar-refractivity contribution in [2.45, 2.75) is 40.8 Å². The molecular weight excluding hydrogens is 612 g/mol. The molecule has 0 spiro atoms. The van der Waals surface area contributed by atoms with Gasteiger partial charge in [-0.1, -0.05) is 34.8 Å². The minimum absolute atomic E-state index is 0. The van der Waals surface area contributed by atoms with Crippen LogP contribution in [0.15, 0.2) is 46.0 Å². The van der Waals surface area contributed by atoms with Gasteiger partial charge in [0.25, 0.3) is 0 Å². The maximum absolute atomic E-state index is 11.8. The van der Waals surface area contributed by atoms with Crippen LogP contribution in [-0.2, 0) is 13.1 Å². The van der Waals surface area contributed by atoms with Crippen molar-refractivity contribution in [1.82, 2.24) is 0 Å². The minimum atomic E-state index is 0. The fourth-order valence-corrected chi connectivity index (χ4v) is 5.60. The number of thiazole rings is 2. The molecule has 4 rings (SSSR count). The molecule has 0 saturated heterocycles. The molecule has 0 aliphatic heterocycles. The monoisotopic (exact) mass is 634 g/mol. The fraction of sp³-hybridized carbons (Fsp3) is 0.273. The molecule has 0 aliphatic rings. The van der Waals surface area contributed by atoms with E-state index in [1.807, 2.05) is 69.0 Å². The SMILES string of the molecule is Cc1sc[n+](CC(=O)c2cccs2)c1C.Cc1sc[n+](CC(=O)c2cccs2)c1C.[Br-].[Br-]. The van der Waals surface area contributed by atoms with Gasteiger partial charge in [0.15, 0.2) is 11.4 Å². The quantitative estimate of drug-likeness (QED) is 0.206. The smallest absolute Gasteiger partial charge is 0.237 e. The van der Waals surface area contributed by atoms with Crippen LogP contribution in [0, 0.1) is 27.7 Å². The summed E-state index contributed by atoms with van der Waals surface area (Å²) < 4.78 is 4.03. The molecule has 4 aromatic heterocycles. The lowest BCUT2D eigenvalue weighted by atomic mass is 10.3. The first kappa shape index (κ1) is 29.0. The van der Waals surface area contributed by atoms with E-state index in [0.29, 0.717) is 13.1 Å². The number of Topliss-reactive ketones (excluding diaryl/α,β-unsaturated/α-hetero) is 2. The van der Waals surface area contributed by atoms with Crippen LogP contribution >= 0.6 is 45.3 Å². The van der Waals surface area contributed by atoms with Crippen molar-refractivity contribution in [3.63, 3.8) is 0 Å². The van der Waals surface area contributed by atoms with Gasteiger partial charge in [0.1, 0.15) is 0 Å². The molecule has 0 N–H and O–H groups in total. The van der Waals surface area contributed by atoms with Crippen LogP contribution in [0.3, 0.4) is 0 Å². The van der Waals surface area contributed by atoms with E-state index in [0.717, 1.165) is 9.75 Å². The zero-order chi connectivity index (χ0) is 21.7. The number of thiophene rings is 2. The van der Waals surface area contributed by atoms with Gasteiger partial charge in [-0.05, 0) is 36.7 Å². The van der Waals surface area contributed by atoms with Gasteiger partial charge in [-0.3, -0.25) is 9.59 Å². The van der Waals surface area contributed by atoms with Gasteiger partial charge in [-0.15, -0.1) is 22.7 Å². The largest absolute Gasteiger partial charge is 1.00 e. The molecule has 4 heterocycles. The third kappa shape index (κ3) is 7.50. The number of nitrogens with zero attached hydrogens (tertiary/aromatic N) is 2. The Morgan fingerprint density at radius 3 is 1.31 bits per heavy atom. The van der Waals surface area contributed by atoms with Crippen molar-refractivity contribution in [3.05, 3.63) is 76.9 Å². The summed E-state index contributed by atoms with van der Waals surface area (Å²) in [5.41, 5.74) is 6.39. The molecule has 0 fully saturated rings. The van der Waals surface area contributed by atoms with Crippen LogP contribution in [0.5, 0.6) is 0 Å². The number of aromatic nitrogens is 2. The van der Waals surface area contributed by atoms with E-state index >= 15 is 0 Å².